The van der Waals surface area contributed by atoms with E-state index < -0.39 is 29.2 Å². The van der Waals surface area contributed by atoms with Crippen LogP contribution in [0.15, 0.2) is 24.4 Å². The van der Waals surface area contributed by atoms with Crippen molar-refractivity contribution in [2.75, 3.05) is 24.6 Å². The summed E-state index contributed by atoms with van der Waals surface area (Å²) < 4.78 is 5.26. The van der Waals surface area contributed by atoms with E-state index in [1.165, 1.54) is 0 Å². The molecule has 0 spiro atoms. The molecule has 5 atom stereocenters. The van der Waals surface area contributed by atoms with Crippen molar-refractivity contribution in [3.8, 4) is 0 Å². The van der Waals surface area contributed by atoms with Crippen LogP contribution in [0.4, 0.5) is 15.4 Å². The van der Waals surface area contributed by atoms with Crippen LogP contribution in [0, 0.1) is 5.41 Å². The number of ether oxygens (including phenoxy) is 1. The molecule has 4 heterocycles. The smallest absolute Gasteiger partial charge is 0.408 e. The van der Waals surface area contributed by atoms with Gasteiger partial charge in [-0.1, -0.05) is 19.9 Å². The minimum atomic E-state index is -0.928. The lowest BCUT2D eigenvalue weighted by atomic mass is 9.61. The van der Waals surface area contributed by atoms with Gasteiger partial charge in [0, 0.05) is 30.7 Å². The first kappa shape index (κ1) is 22.6. The number of aromatic nitrogens is 1. The Kier molecular flexibility index (Phi) is 6.20. The highest BCUT2D eigenvalue weighted by Crippen LogP contribution is 2.56. The maximum atomic E-state index is 12.4. The monoisotopic (exact) mass is 446 g/mol. The van der Waals surface area contributed by atoms with Gasteiger partial charge >= 0.3 is 12.2 Å². The van der Waals surface area contributed by atoms with Gasteiger partial charge in [0.25, 0.3) is 0 Å². The Morgan fingerprint density at radius 1 is 1.34 bits per heavy atom. The summed E-state index contributed by atoms with van der Waals surface area (Å²) in [5, 5.41) is 23.8. The van der Waals surface area contributed by atoms with E-state index in [1.54, 1.807) is 11.1 Å². The number of nitrogens with zero attached hydrogens (tertiary/aromatic N) is 3. The highest BCUT2D eigenvalue weighted by Gasteiger charge is 2.63. The van der Waals surface area contributed by atoms with Gasteiger partial charge in [0.1, 0.15) is 5.82 Å². The molecule has 176 valence electrons. The lowest BCUT2D eigenvalue weighted by molar-refractivity contribution is -0.0784. The second kappa shape index (κ2) is 8.77. The molecule has 1 aromatic heterocycles. The van der Waals surface area contributed by atoms with Gasteiger partial charge in [0.15, 0.2) is 0 Å². The first-order valence-electron chi connectivity index (χ1n) is 11.6. The molecule has 9 heteroatoms. The molecule has 0 aliphatic carbocycles. The first-order valence-corrected chi connectivity index (χ1v) is 11.6. The molecule has 4 rings (SSSR count). The molecule has 3 saturated heterocycles. The fraction of sp³-hybridized carbons (Fsp3) is 0.696. The van der Waals surface area contributed by atoms with Crippen LogP contribution >= 0.6 is 0 Å². The number of rotatable bonds is 5. The Balaban J connectivity index is 1.68. The largest absolute Gasteiger partial charge is 0.465 e. The second-order valence-corrected chi connectivity index (χ2v) is 9.78. The van der Waals surface area contributed by atoms with Crippen molar-refractivity contribution in [3.63, 3.8) is 0 Å². The molecule has 2 bridgehead atoms. The molecule has 2 amide bonds. The topological polar surface area (TPSA) is 115 Å². The normalized spacial score (nSPS) is 34.3. The van der Waals surface area contributed by atoms with E-state index in [1.807, 2.05) is 25.1 Å². The second-order valence-electron chi connectivity index (χ2n) is 9.78. The van der Waals surface area contributed by atoms with Gasteiger partial charge in [-0.2, -0.15) is 0 Å². The number of carboxylic acid groups (broad SMARTS) is 1. The Labute approximate surface area is 188 Å². The van der Waals surface area contributed by atoms with E-state index in [-0.39, 0.29) is 12.1 Å². The highest BCUT2D eigenvalue weighted by atomic mass is 16.5. The maximum absolute atomic E-state index is 12.4. The molecule has 3 aliphatic rings. The van der Waals surface area contributed by atoms with E-state index in [4.69, 9.17) is 4.74 Å². The summed E-state index contributed by atoms with van der Waals surface area (Å²) in [5.41, 5.74) is -1.19. The molecule has 3 fully saturated rings. The van der Waals surface area contributed by atoms with Crippen molar-refractivity contribution in [2.24, 2.45) is 5.41 Å². The van der Waals surface area contributed by atoms with Crippen LogP contribution in [-0.2, 0) is 4.74 Å². The van der Waals surface area contributed by atoms with Crippen LogP contribution in [0.5, 0.6) is 0 Å². The molecular weight excluding hydrogens is 412 g/mol. The van der Waals surface area contributed by atoms with Gasteiger partial charge < -0.3 is 25.2 Å². The van der Waals surface area contributed by atoms with Crippen LogP contribution in [0.25, 0.3) is 0 Å². The highest BCUT2D eigenvalue weighted by molar-refractivity contribution is 5.69. The van der Waals surface area contributed by atoms with Crippen LogP contribution in [0.2, 0.25) is 0 Å². The summed E-state index contributed by atoms with van der Waals surface area (Å²) in [4.78, 5) is 33.0. The summed E-state index contributed by atoms with van der Waals surface area (Å²) in [5.74, 6) is 0.788. The molecule has 5 unspecified atom stereocenters. The minimum Gasteiger partial charge on any atom is -0.465 e. The van der Waals surface area contributed by atoms with Gasteiger partial charge in [-0.05, 0) is 50.7 Å². The first-order chi connectivity index (χ1) is 15.3. The number of hydrogen-bond donors (Lipinski definition) is 3. The Morgan fingerprint density at radius 3 is 2.84 bits per heavy atom. The number of nitrogens with one attached hydrogen (secondary N) is 1. The van der Waals surface area contributed by atoms with E-state index in [2.05, 4.69) is 22.1 Å². The van der Waals surface area contributed by atoms with Crippen molar-refractivity contribution in [1.82, 2.24) is 15.2 Å². The molecule has 0 saturated carbocycles. The van der Waals surface area contributed by atoms with Crippen molar-refractivity contribution in [2.45, 2.75) is 76.1 Å². The third-order valence-corrected chi connectivity index (χ3v) is 7.57. The zero-order chi connectivity index (χ0) is 22.9. The lowest BCUT2D eigenvalue weighted by Crippen LogP contribution is -2.69. The average molecular weight is 447 g/mol. The van der Waals surface area contributed by atoms with Crippen molar-refractivity contribution in [3.05, 3.63) is 24.4 Å². The molecule has 0 aromatic carbocycles. The standard InChI is InChI=1S/C23H34N4O5/c1-3-10-32-20(29)25-16-12-22(2,15-26(14-16)19-6-4-5-9-24-19)23-8-7-17(11-18(28)13-23)27(23)21(30)31/h4-6,9,16-18,28H,3,7-8,10-15H2,1-2H3,(H,25,29)(H,30,31). The van der Waals surface area contributed by atoms with Crippen LogP contribution in [-0.4, -0.2) is 75.7 Å². The van der Waals surface area contributed by atoms with E-state index in [9.17, 15) is 19.8 Å². The fourth-order valence-electron chi connectivity index (χ4n) is 6.37. The van der Waals surface area contributed by atoms with Crippen molar-refractivity contribution in [1.29, 1.82) is 0 Å². The average Bonchev–Trinajstić information content (AvgIpc) is 3.02. The van der Waals surface area contributed by atoms with Crippen molar-refractivity contribution >= 4 is 18.0 Å². The molecule has 1 aromatic rings. The van der Waals surface area contributed by atoms with Gasteiger partial charge in [-0.3, -0.25) is 4.90 Å². The van der Waals surface area contributed by atoms with E-state index in [0.717, 1.165) is 18.7 Å². The summed E-state index contributed by atoms with van der Waals surface area (Å²) >= 11 is 0. The number of carbonyl (C=O) groups is 2. The molecule has 3 N–H and O–H groups in total. The molecular formula is C23H34N4O5. The summed E-state index contributed by atoms with van der Waals surface area (Å²) in [7, 11) is 0. The summed E-state index contributed by atoms with van der Waals surface area (Å²) in [6.45, 7) is 5.55. The number of aliphatic hydroxyl groups excluding tert-OH is 1. The number of hydrogen-bond acceptors (Lipinski definition) is 6. The third-order valence-electron chi connectivity index (χ3n) is 7.57. The maximum Gasteiger partial charge on any atom is 0.408 e. The number of alkyl carbamates (subject to hydrolysis) is 1. The molecule has 32 heavy (non-hydrogen) atoms. The van der Waals surface area contributed by atoms with Gasteiger partial charge in [0.2, 0.25) is 0 Å². The minimum absolute atomic E-state index is 0.167. The predicted octanol–water partition coefficient (Wildman–Crippen LogP) is 2.84. The third kappa shape index (κ3) is 3.98. The summed E-state index contributed by atoms with van der Waals surface area (Å²) in [6, 6.07) is 5.30. The van der Waals surface area contributed by atoms with E-state index in [0.29, 0.717) is 45.4 Å². The molecule has 9 nitrogen and oxygen atoms in total. The number of carbonyl (C=O) groups excluding carboxylic acids is 1. The number of amides is 2. The number of aliphatic hydroxyl groups is 1. The Bertz CT molecular complexity index is 839. The lowest BCUT2D eigenvalue weighted by Gasteiger charge is -2.59. The zero-order valence-electron chi connectivity index (χ0n) is 18.9. The number of piperidine rings is 2. The number of anilines is 1. The van der Waals surface area contributed by atoms with Gasteiger partial charge in [-0.25, -0.2) is 14.6 Å². The van der Waals surface area contributed by atoms with Crippen molar-refractivity contribution < 1.29 is 24.5 Å². The quantitative estimate of drug-likeness (QED) is 0.637. The Hall–Kier alpha value is -2.55. The SMILES string of the molecule is CCCOC(=O)NC1CN(c2ccccn2)CC(C)(C23CCC(CC(O)C2)N3C(=O)O)C1. The van der Waals surface area contributed by atoms with E-state index >= 15 is 0 Å². The van der Waals surface area contributed by atoms with Crippen LogP contribution < -0.4 is 10.2 Å². The van der Waals surface area contributed by atoms with Gasteiger partial charge in [-0.15, -0.1) is 0 Å². The van der Waals surface area contributed by atoms with Crippen LogP contribution in [0.1, 0.15) is 52.4 Å². The Morgan fingerprint density at radius 2 is 2.16 bits per heavy atom. The fourth-order valence-corrected chi connectivity index (χ4v) is 6.37. The van der Waals surface area contributed by atoms with Gasteiger partial charge in [0.05, 0.1) is 24.3 Å². The predicted molar refractivity (Wildman–Crippen MR) is 119 cm³/mol. The number of pyridine rings is 1. The zero-order valence-corrected chi connectivity index (χ0v) is 18.9. The molecule has 0 radical (unpaired) electrons. The number of fused-ring (bicyclic) bond motifs is 2. The summed E-state index contributed by atoms with van der Waals surface area (Å²) in [6.07, 6.45) is 3.52. The molecule has 3 aliphatic heterocycles. The van der Waals surface area contributed by atoms with Crippen LogP contribution in [0.3, 0.4) is 0 Å².